The molecule has 1 N–H and O–H groups in total. The lowest BCUT2D eigenvalue weighted by Crippen LogP contribution is -2.17. The third-order valence-electron chi connectivity index (χ3n) is 6.61. The fourth-order valence-corrected chi connectivity index (χ4v) is 4.41. The van der Waals surface area contributed by atoms with Crippen molar-refractivity contribution >= 4 is 27.8 Å². The number of para-hydroxylation sites is 1. The normalized spacial score (nSPS) is 15.5. The number of rotatable bonds is 7. The van der Waals surface area contributed by atoms with Crippen LogP contribution >= 0.6 is 0 Å². The molecule has 6 rings (SSSR count). The number of pyridine rings is 1. The van der Waals surface area contributed by atoms with Gasteiger partial charge in [0.25, 0.3) is 0 Å². The minimum absolute atomic E-state index is 0.102. The van der Waals surface area contributed by atoms with Crippen molar-refractivity contribution < 1.29 is 0 Å². The van der Waals surface area contributed by atoms with Crippen LogP contribution in [0, 0.1) is 5.92 Å². The van der Waals surface area contributed by atoms with Crippen molar-refractivity contribution in [3.8, 4) is 11.5 Å². The van der Waals surface area contributed by atoms with E-state index in [4.69, 9.17) is 15.0 Å². The molecule has 1 saturated carbocycles. The zero-order chi connectivity index (χ0) is 23.1. The molecular formula is C26H26N8. The van der Waals surface area contributed by atoms with Crippen LogP contribution in [0.4, 0.5) is 5.82 Å². The Kier molecular flexibility index (Phi) is 5.13. The summed E-state index contributed by atoms with van der Waals surface area (Å²) in [4.78, 5) is 14.4. The maximum Gasteiger partial charge on any atom is 0.182 e. The quantitative estimate of drug-likeness (QED) is 0.356. The van der Waals surface area contributed by atoms with Crippen molar-refractivity contribution in [2.24, 2.45) is 5.92 Å². The van der Waals surface area contributed by atoms with Crippen LogP contribution in [0.2, 0.25) is 0 Å². The molecule has 5 aromatic rings. The topological polar surface area (TPSA) is 94.3 Å². The number of fused-ring (bicyclic) bond motifs is 2. The van der Waals surface area contributed by atoms with Crippen LogP contribution < -0.4 is 5.32 Å². The molecule has 0 saturated heterocycles. The Hall–Kier alpha value is -3.94. The second kappa shape index (κ2) is 8.44. The van der Waals surface area contributed by atoms with Gasteiger partial charge in [-0.1, -0.05) is 25.1 Å². The van der Waals surface area contributed by atoms with Gasteiger partial charge in [0.15, 0.2) is 11.6 Å². The summed E-state index contributed by atoms with van der Waals surface area (Å²) in [7, 11) is 0. The van der Waals surface area contributed by atoms with Crippen LogP contribution in [0.15, 0.2) is 61.1 Å². The first kappa shape index (κ1) is 20.7. The van der Waals surface area contributed by atoms with Crippen LogP contribution in [0.1, 0.15) is 50.8 Å². The Labute approximate surface area is 197 Å². The standard InChI is InChI=1S/C26H26N8/c1-3-16(2)34-24-22(15-29-34)30-25(21-9-6-12-28-33-21)32-26(24)31-23(17-10-11-17)19-13-18-7-4-5-8-20(18)27-14-19/h4-9,12-17,23H,3,10-11H2,1-2H3,(H,30,31,32)/t16?,23-/m1/s1. The van der Waals surface area contributed by atoms with Gasteiger partial charge in [-0.3, -0.25) is 9.67 Å². The van der Waals surface area contributed by atoms with E-state index in [2.05, 4.69) is 52.7 Å². The first-order valence-electron chi connectivity index (χ1n) is 11.9. The highest BCUT2D eigenvalue weighted by atomic mass is 15.3. The first-order chi connectivity index (χ1) is 16.7. The van der Waals surface area contributed by atoms with Gasteiger partial charge in [0.1, 0.15) is 16.7 Å². The molecule has 1 fully saturated rings. The van der Waals surface area contributed by atoms with E-state index in [1.807, 2.05) is 41.3 Å². The van der Waals surface area contributed by atoms with Gasteiger partial charge in [0.05, 0.1) is 17.8 Å². The number of benzene rings is 1. The molecule has 2 atom stereocenters. The molecule has 0 radical (unpaired) electrons. The first-order valence-corrected chi connectivity index (χ1v) is 11.9. The lowest BCUT2D eigenvalue weighted by molar-refractivity contribution is 0.492. The number of hydrogen-bond donors (Lipinski definition) is 1. The summed E-state index contributed by atoms with van der Waals surface area (Å²) in [6.45, 7) is 4.33. The lowest BCUT2D eigenvalue weighted by atomic mass is 10.0. The van der Waals surface area contributed by atoms with Gasteiger partial charge in [-0.25, -0.2) is 9.97 Å². The summed E-state index contributed by atoms with van der Waals surface area (Å²) < 4.78 is 2.03. The van der Waals surface area contributed by atoms with Crippen LogP contribution in [-0.4, -0.2) is 34.9 Å². The maximum atomic E-state index is 4.95. The molecule has 1 unspecified atom stereocenters. The number of hydrogen-bond acceptors (Lipinski definition) is 7. The molecule has 170 valence electrons. The molecule has 0 amide bonds. The van der Waals surface area contributed by atoms with Gasteiger partial charge in [0.2, 0.25) is 0 Å². The molecule has 4 aromatic heterocycles. The molecule has 0 aliphatic heterocycles. The maximum absolute atomic E-state index is 4.95. The monoisotopic (exact) mass is 450 g/mol. The summed E-state index contributed by atoms with van der Waals surface area (Å²) >= 11 is 0. The molecule has 1 aliphatic rings. The average Bonchev–Trinajstić information content (AvgIpc) is 3.64. The highest BCUT2D eigenvalue weighted by molar-refractivity contribution is 5.87. The van der Waals surface area contributed by atoms with Crippen LogP contribution in [0.5, 0.6) is 0 Å². The Morgan fingerprint density at radius 2 is 1.94 bits per heavy atom. The summed E-state index contributed by atoms with van der Waals surface area (Å²) in [5.41, 5.74) is 4.53. The SMILES string of the molecule is CCC(C)n1ncc2nc(-c3cccnn3)nc(N[C@@H](c3cnc4ccccc4c3)C3CC3)c21. The van der Waals surface area contributed by atoms with Crippen LogP contribution in [0.25, 0.3) is 33.5 Å². The van der Waals surface area contributed by atoms with Crippen molar-refractivity contribution in [3.05, 3.63) is 66.6 Å². The van der Waals surface area contributed by atoms with E-state index in [1.165, 1.54) is 18.4 Å². The van der Waals surface area contributed by atoms with E-state index in [9.17, 15) is 0 Å². The predicted octanol–water partition coefficient (Wildman–Crippen LogP) is 5.37. The fraction of sp³-hybridized carbons (Fsp3) is 0.308. The minimum atomic E-state index is 0.102. The Morgan fingerprint density at radius 3 is 2.74 bits per heavy atom. The van der Waals surface area contributed by atoms with Crippen molar-refractivity contribution in [1.82, 2.24) is 34.9 Å². The molecule has 34 heavy (non-hydrogen) atoms. The number of anilines is 1. The van der Waals surface area contributed by atoms with Gasteiger partial charge >= 0.3 is 0 Å². The fourth-order valence-electron chi connectivity index (χ4n) is 4.41. The number of nitrogens with zero attached hydrogens (tertiary/aromatic N) is 7. The van der Waals surface area contributed by atoms with Crippen molar-refractivity contribution in [2.45, 2.75) is 45.2 Å². The molecule has 1 aromatic carbocycles. The summed E-state index contributed by atoms with van der Waals surface area (Å²) in [5, 5.41) is 17.8. The predicted molar refractivity (Wildman–Crippen MR) is 132 cm³/mol. The number of aromatic nitrogens is 7. The molecule has 0 bridgehead atoms. The summed E-state index contributed by atoms with van der Waals surface area (Å²) in [6, 6.07) is 14.5. The highest BCUT2D eigenvalue weighted by Gasteiger charge is 2.34. The summed E-state index contributed by atoms with van der Waals surface area (Å²) in [6.07, 6.45) is 8.78. The van der Waals surface area contributed by atoms with E-state index in [-0.39, 0.29) is 12.1 Å². The largest absolute Gasteiger partial charge is 0.361 e. The number of nitrogens with one attached hydrogen (secondary N) is 1. The Bertz CT molecular complexity index is 1460. The second-order valence-corrected chi connectivity index (χ2v) is 9.01. The molecule has 4 heterocycles. The van der Waals surface area contributed by atoms with E-state index in [0.29, 0.717) is 17.4 Å². The highest BCUT2D eigenvalue weighted by Crippen LogP contribution is 2.44. The van der Waals surface area contributed by atoms with Gasteiger partial charge < -0.3 is 5.32 Å². The van der Waals surface area contributed by atoms with Crippen LogP contribution in [0.3, 0.4) is 0 Å². The Balaban J connectivity index is 1.48. The second-order valence-electron chi connectivity index (χ2n) is 9.01. The molecule has 8 heteroatoms. The van der Waals surface area contributed by atoms with E-state index >= 15 is 0 Å². The van der Waals surface area contributed by atoms with E-state index in [1.54, 1.807) is 6.20 Å². The minimum Gasteiger partial charge on any atom is -0.361 e. The van der Waals surface area contributed by atoms with Gasteiger partial charge in [0, 0.05) is 23.8 Å². The zero-order valence-corrected chi connectivity index (χ0v) is 19.3. The van der Waals surface area contributed by atoms with E-state index < -0.39 is 0 Å². The molecular weight excluding hydrogens is 424 g/mol. The lowest BCUT2D eigenvalue weighted by Gasteiger charge is -2.21. The molecule has 8 nitrogen and oxygen atoms in total. The molecule has 1 aliphatic carbocycles. The van der Waals surface area contributed by atoms with Gasteiger partial charge in [-0.05, 0) is 61.9 Å². The summed E-state index contributed by atoms with van der Waals surface area (Å²) in [5.74, 6) is 1.85. The van der Waals surface area contributed by atoms with Crippen molar-refractivity contribution in [2.75, 3.05) is 5.32 Å². The average molecular weight is 451 g/mol. The molecule has 0 spiro atoms. The van der Waals surface area contributed by atoms with Crippen molar-refractivity contribution in [1.29, 1.82) is 0 Å². The third-order valence-corrected chi connectivity index (χ3v) is 6.61. The van der Waals surface area contributed by atoms with Gasteiger partial charge in [-0.2, -0.15) is 10.2 Å². The van der Waals surface area contributed by atoms with Gasteiger partial charge in [-0.15, -0.1) is 5.10 Å². The van der Waals surface area contributed by atoms with Crippen molar-refractivity contribution in [3.63, 3.8) is 0 Å². The third kappa shape index (κ3) is 3.75. The van der Waals surface area contributed by atoms with E-state index in [0.717, 1.165) is 34.2 Å². The zero-order valence-electron chi connectivity index (χ0n) is 19.3. The van der Waals surface area contributed by atoms with Crippen LogP contribution in [-0.2, 0) is 0 Å². The smallest absolute Gasteiger partial charge is 0.182 e. The Morgan fingerprint density at radius 1 is 1.06 bits per heavy atom.